The zero-order valence-electron chi connectivity index (χ0n) is 14.7. The number of benzene rings is 2. The molecule has 0 fully saturated rings. The number of ether oxygens (including phenoxy) is 3. The Labute approximate surface area is 159 Å². The Kier molecular flexibility index (Phi) is 5.61. The van der Waals surface area contributed by atoms with Crippen molar-refractivity contribution >= 4 is 28.5 Å². The average Bonchev–Trinajstić information content (AvgIpc) is 2.66. The Morgan fingerprint density at radius 2 is 2.00 bits per heavy atom. The largest absolute Gasteiger partial charge is 0.493 e. The summed E-state index contributed by atoms with van der Waals surface area (Å²) in [7, 11) is 1.46. The number of halogens is 1. The number of nitrogens with zero attached hydrogens (tertiary/aromatic N) is 1. The molecule has 0 bridgehead atoms. The van der Waals surface area contributed by atoms with Gasteiger partial charge >= 0.3 is 5.97 Å². The lowest BCUT2D eigenvalue weighted by Gasteiger charge is -2.13. The van der Waals surface area contributed by atoms with E-state index in [1.165, 1.54) is 13.2 Å². The molecule has 140 valence electrons. The number of carbonyl (C=O) groups is 1. The molecule has 0 aliphatic heterocycles. The van der Waals surface area contributed by atoms with Crippen LogP contribution < -0.4 is 15.0 Å². The Morgan fingerprint density at radius 1 is 1.22 bits per heavy atom. The van der Waals surface area contributed by atoms with Gasteiger partial charge in [-0.2, -0.15) is 0 Å². The lowest BCUT2D eigenvalue weighted by atomic mass is 10.1. The third-order valence-corrected chi connectivity index (χ3v) is 4.08. The van der Waals surface area contributed by atoms with E-state index in [4.69, 9.17) is 25.8 Å². The minimum atomic E-state index is -0.500. The maximum Gasteiger partial charge on any atom is 0.344 e. The molecular weight excluding hydrogens is 372 g/mol. The quantitative estimate of drug-likeness (QED) is 0.652. The molecule has 7 nitrogen and oxygen atoms in total. The van der Waals surface area contributed by atoms with Crippen LogP contribution in [0.1, 0.15) is 6.92 Å². The maximum atomic E-state index is 12.3. The number of nitrogens with one attached hydrogen (secondary N) is 1. The zero-order valence-corrected chi connectivity index (χ0v) is 15.5. The molecule has 0 aliphatic carbocycles. The van der Waals surface area contributed by atoms with Crippen molar-refractivity contribution in [2.45, 2.75) is 6.92 Å². The smallest absolute Gasteiger partial charge is 0.344 e. The summed E-state index contributed by atoms with van der Waals surface area (Å²) in [5.41, 5.74) is 0.752. The Bertz CT molecular complexity index is 1050. The van der Waals surface area contributed by atoms with Crippen LogP contribution in [0.25, 0.3) is 22.3 Å². The number of carbonyl (C=O) groups excluding carboxylic acids is 1. The van der Waals surface area contributed by atoms with Crippen molar-refractivity contribution in [3.05, 3.63) is 51.8 Å². The van der Waals surface area contributed by atoms with Gasteiger partial charge in [0, 0.05) is 11.6 Å². The van der Waals surface area contributed by atoms with Gasteiger partial charge in [-0.15, -0.1) is 0 Å². The molecular formula is C19H17ClN2O5. The predicted octanol–water partition coefficient (Wildman–Crippen LogP) is 3.19. The molecule has 3 aromatic rings. The molecule has 1 aromatic heterocycles. The highest BCUT2D eigenvalue weighted by molar-refractivity contribution is 6.33. The van der Waals surface area contributed by atoms with Crippen LogP contribution in [0, 0.1) is 0 Å². The van der Waals surface area contributed by atoms with E-state index in [0.29, 0.717) is 28.0 Å². The van der Waals surface area contributed by atoms with Gasteiger partial charge in [0.2, 0.25) is 0 Å². The maximum absolute atomic E-state index is 12.3. The highest BCUT2D eigenvalue weighted by Crippen LogP contribution is 2.37. The van der Waals surface area contributed by atoms with Crippen LogP contribution in [0.4, 0.5) is 0 Å². The molecule has 27 heavy (non-hydrogen) atoms. The van der Waals surface area contributed by atoms with Gasteiger partial charge in [0.15, 0.2) is 18.1 Å². The van der Waals surface area contributed by atoms with Crippen LogP contribution in [0.3, 0.4) is 0 Å². The van der Waals surface area contributed by atoms with Crippen LogP contribution in [0.5, 0.6) is 11.5 Å². The Morgan fingerprint density at radius 3 is 2.74 bits per heavy atom. The second kappa shape index (κ2) is 8.09. The molecule has 1 N–H and O–H groups in total. The number of hydrogen-bond donors (Lipinski definition) is 1. The molecule has 0 radical (unpaired) electrons. The summed E-state index contributed by atoms with van der Waals surface area (Å²) in [6.07, 6.45) is 0. The lowest BCUT2D eigenvalue weighted by Crippen LogP contribution is -2.15. The standard InChI is InChI=1S/C19H17ClN2O5/c1-3-26-17(23)10-27-16-9-13(20)12(8-15(16)25-2)18-21-14-7-5-4-6-11(14)19(24)22-18/h4-9H,3,10H2,1-2H3,(H,21,22,24). The van der Waals surface area contributed by atoms with E-state index in [1.54, 1.807) is 37.3 Å². The number of rotatable bonds is 6. The third kappa shape index (κ3) is 4.03. The normalized spacial score (nSPS) is 10.6. The van der Waals surface area contributed by atoms with Gasteiger partial charge in [-0.3, -0.25) is 4.79 Å². The Balaban J connectivity index is 2.00. The lowest BCUT2D eigenvalue weighted by molar-refractivity contribution is -0.145. The summed E-state index contributed by atoms with van der Waals surface area (Å²) in [5, 5.41) is 0.770. The number of aromatic nitrogens is 2. The fourth-order valence-corrected chi connectivity index (χ4v) is 2.79. The number of methoxy groups -OCH3 is 1. The van der Waals surface area contributed by atoms with Crippen molar-refractivity contribution in [2.24, 2.45) is 0 Å². The first kappa shape index (κ1) is 18.7. The third-order valence-electron chi connectivity index (χ3n) is 3.77. The first-order chi connectivity index (χ1) is 13.0. The highest BCUT2D eigenvalue weighted by atomic mass is 35.5. The van der Waals surface area contributed by atoms with Crippen molar-refractivity contribution < 1.29 is 19.0 Å². The summed E-state index contributed by atoms with van der Waals surface area (Å²) >= 11 is 6.36. The summed E-state index contributed by atoms with van der Waals surface area (Å²) in [6, 6.07) is 10.1. The number of H-pyrrole nitrogens is 1. The van der Waals surface area contributed by atoms with Crippen LogP contribution >= 0.6 is 11.6 Å². The fraction of sp³-hybridized carbons (Fsp3) is 0.211. The van der Waals surface area contributed by atoms with Crippen molar-refractivity contribution in [1.82, 2.24) is 9.97 Å². The van der Waals surface area contributed by atoms with E-state index in [1.807, 2.05) is 0 Å². The first-order valence-electron chi connectivity index (χ1n) is 8.19. The molecule has 0 unspecified atom stereocenters. The van der Waals surface area contributed by atoms with Gasteiger partial charge in [0.25, 0.3) is 5.56 Å². The summed E-state index contributed by atoms with van der Waals surface area (Å²) in [5.74, 6) is 0.427. The zero-order chi connectivity index (χ0) is 19.4. The minimum absolute atomic E-state index is 0.264. The van der Waals surface area contributed by atoms with E-state index in [9.17, 15) is 9.59 Å². The topological polar surface area (TPSA) is 90.5 Å². The van der Waals surface area contributed by atoms with Gasteiger partial charge in [-0.05, 0) is 25.1 Å². The number of para-hydroxylation sites is 1. The average molecular weight is 389 g/mol. The highest BCUT2D eigenvalue weighted by Gasteiger charge is 2.16. The van der Waals surface area contributed by atoms with Crippen molar-refractivity contribution in [1.29, 1.82) is 0 Å². The van der Waals surface area contributed by atoms with Crippen molar-refractivity contribution in [3.8, 4) is 22.9 Å². The van der Waals surface area contributed by atoms with Crippen LogP contribution in [-0.2, 0) is 9.53 Å². The summed E-state index contributed by atoms with van der Waals surface area (Å²) in [6.45, 7) is 1.70. The molecule has 0 amide bonds. The van der Waals surface area contributed by atoms with Crippen LogP contribution in [-0.4, -0.2) is 36.3 Å². The monoisotopic (exact) mass is 388 g/mol. The van der Waals surface area contributed by atoms with Crippen LogP contribution in [0.2, 0.25) is 5.02 Å². The molecule has 0 saturated carbocycles. The number of esters is 1. The second-order valence-corrected chi connectivity index (χ2v) is 5.92. The molecule has 0 aliphatic rings. The fourth-order valence-electron chi connectivity index (χ4n) is 2.54. The molecule has 2 aromatic carbocycles. The summed E-state index contributed by atoms with van der Waals surface area (Å²) < 4.78 is 15.6. The first-order valence-corrected chi connectivity index (χ1v) is 8.56. The van der Waals surface area contributed by atoms with Crippen molar-refractivity contribution in [2.75, 3.05) is 20.3 Å². The molecule has 3 rings (SSSR count). The minimum Gasteiger partial charge on any atom is -0.493 e. The van der Waals surface area contributed by atoms with Gasteiger partial charge in [-0.1, -0.05) is 23.7 Å². The van der Waals surface area contributed by atoms with E-state index < -0.39 is 5.97 Å². The van der Waals surface area contributed by atoms with E-state index in [2.05, 4.69) is 9.97 Å². The second-order valence-electron chi connectivity index (χ2n) is 5.51. The van der Waals surface area contributed by atoms with E-state index >= 15 is 0 Å². The number of aromatic amines is 1. The predicted molar refractivity (Wildman–Crippen MR) is 101 cm³/mol. The van der Waals surface area contributed by atoms with Gasteiger partial charge in [0.1, 0.15) is 5.82 Å². The number of fused-ring (bicyclic) bond motifs is 1. The molecule has 0 spiro atoms. The van der Waals surface area contributed by atoms with Crippen LogP contribution in [0.15, 0.2) is 41.2 Å². The molecule has 0 atom stereocenters. The molecule has 8 heteroatoms. The molecule has 0 saturated heterocycles. The van der Waals surface area contributed by atoms with Crippen molar-refractivity contribution in [3.63, 3.8) is 0 Å². The van der Waals surface area contributed by atoms with Gasteiger partial charge in [-0.25, -0.2) is 9.78 Å². The summed E-state index contributed by atoms with van der Waals surface area (Å²) in [4.78, 5) is 31.0. The Hall–Kier alpha value is -3.06. The SMILES string of the molecule is CCOC(=O)COc1cc(Cl)c(-c2nc3ccccc3c(=O)[nH]2)cc1OC. The number of hydrogen-bond acceptors (Lipinski definition) is 6. The van der Waals surface area contributed by atoms with Gasteiger partial charge < -0.3 is 19.2 Å². The van der Waals surface area contributed by atoms with E-state index in [0.717, 1.165) is 0 Å². The molecule has 1 heterocycles. The van der Waals surface area contributed by atoms with Gasteiger partial charge in [0.05, 0.1) is 29.6 Å². The van der Waals surface area contributed by atoms with E-state index in [-0.39, 0.29) is 29.5 Å².